The number of rotatable bonds is 2. The van der Waals surface area contributed by atoms with E-state index in [-0.39, 0.29) is 12.1 Å². The van der Waals surface area contributed by atoms with E-state index in [1.165, 1.54) is 0 Å². The van der Waals surface area contributed by atoms with Crippen LogP contribution in [0.5, 0.6) is 0 Å². The monoisotopic (exact) mass is 260 g/mol. The highest BCUT2D eigenvalue weighted by Crippen LogP contribution is 2.30. The van der Waals surface area contributed by atoms with Crippen LogP contribution in [0.2, 0.25) is 0 Å². The molecule has 0 unspecified atom stereocenters. The Balaban J connectivity index is 2.57. The third-order valence-corrected chi connectivity index (χ3v) is 3.47. The molecule has 92 valence electrons. The van der Waals surface area contributed by atoms with E-state index >= 15 is 0 Å². The normalized spacial score (nSPS) is 20.1. The Morgan fingerprint density at radius 3 is 2.83 bits per heavy atom. The molecule has 6 heteroatoms. The molecule has 0 amide bonds. The Kier molecular flexibility index (Phi) is 3.26. The highest BCUT2D eigenvalue weighted by molar-refractivity contribution is 7.80. The second-order valence-corrected chi connectivity index (χ2v) is 4.52. The largest absolute Gasteiger partial charge is 0.360 e. The Hall–Kier alpha value is -2.00. The lowest BCUT2D eigenvalue weighted by Crippen LogP contribution is -2.31. The van der Waals surface area contributed by atoms with Crippen LogP contribution in [0, 0.1) is 16.7 Å². The van der Waals surface area contributed by atoms with E-state index in [1.54, 1.807) is 6.92 Å². The van der Waals surface area contributed by atoms with Crippen LogP contribution in [0.15, 0.2) is 22.4 Å². The lowest BCUT2D eigenvalue weighted by Gasteiger charge is -2.27. The minimum atomic E-state index is 0.191. The summed E-state index contributed by atoms with van der Waals surface area (Å²) < 4.78 is 0. The molecule has 1 heterocycles. The SMILES string of the molecule is CC1=C(C=O)C(=N)CC(C#N)=C1N1CCNC1=S. The minimum absolute atomic E-state index is 0.191. The molecule has 0 saturated carbocycles. The maximum Gasteiger partial charge on any atom is 0.173 e. The summed E-state index contributed by atoms with van der Waals surface area (Å²) in [6.07, 6.45) is 0.870. The molecule has 0 bridgehead atoms. The number of hydrogen-bond donors (Lipinski definition) is 2. The first kappa shape index (κ1) is 12.5. The number of aldehydes is 1. The van der Waals surface area contributed by atoms with E-state index < -0.39 is 0 Å². The van der Waals surface area contributed by atoms with Gasteiger partial charge >= 0.3 is 0 Å². The van der Waals surface area contributed by atoms with Gasteiger partial charge < -0.3 is 15.6 Å². The van der Waals surface area contributed by atoms with Crippen molar-refractivity contribution in [3.8, 4) is 6.07 Å². The van der Waals surface area contributed by atoms with Crippen LogP contribution in [0.3, 0.4) is 0 Å². The van der Waals surface area contributed by atoms with Crippen molar-refractivity contribution in [2.24, 2.45) is 0 Å². The van der Waals surface area contributed by atoms with Crippen LogP contribution in [-0.2, 0) is 4.79 Å². The molecule has 0 radical (unpaired) electrons. The van der Waals surface area contributed by atoms with Crippen LogP contribution in [0.25, 0.3) is 0 Å². The molecule has 0 aromatic rings. The zero-order valence-electron chi connectivity index (χ0n) is 9.91. The summed E-state index contributed by atoms with van der Waals surface area (Å²) in [6.45, 7) is 3.16. The van der Waals surface area contributed by atoms with Gasteiger partial charge in [-0.2, -0.15) is 5.26 Å². The number of carbonyl (C=O) groups is 1. The van der Waals surface area contributed by atoms with Crippen LogP contribution >= 0.6 is 12.2 Å². The van der Waals surface area contributed by atoms with Crippen LogP contribution in [0.4, 0.5) is 0 Å². The van der Waals surface area contributed by atoms with Crippen LogP contribution in [-0.4, -0.2) is 35.1 Å². The van der Waals surface area contributed by atoms with Crippen molar-refractivity contribution >= 4 is 29.3 Å². The smallest absolute Gasteiger partial charge is 0.173 e. The number of nitriles is 1. The fourth-order valence-corrected chi connectivity index (χ4v) is 2.52. The van der Waals surface area contributed by atoms with Gasteiger partial charge in [0.25, 0.3) is 0 Å². The maximum absolute atomic E-state index is 11.0. The highest BCUT2D eigenvalue weighted by atomic mass is 32.1. The minimum Gasteiger partial charge on any atom is -0.360 e. The van der Waals surface area contributed by atoms with E-state index in [0.717, 1.165) is 6.54 Å². The molecule has 0 spiro atoms. The van der Waals surface area contributed by atoms with E-state index in [4.69, 9.17) is 17.6 Å². The van der Waals surface area contributed by atoms with Crippen molar-refractivity contribution in [1.29, 1.82) is 10.7 Å². The summed E-state index contributed by atoms with van der Waals surface area (Å²) in [6, 6.07) is 2.12. The van der Waals surface area contributed by atoms with Crippen molar-refractivity contribution < 1.29 is 4.79 Å². The Bertz CT molecular complexity index is 553. The number of carbonyl (C=O) groups excluding carboxylic acids is 1. The maximum atomic E-state index is 11.0. The average molecular weight is 260 g/mol. The summed E-state index contributed by atoms with van der Waals surface area (Å²) in [5.74, 6) is 0. The average Bonchev–Trinajstić information content (AvgIpc) is 2.75. The fraction of sp³-hybridized carbons (Fsp3) is 0.333. The third kappa shape index (κ3) is 1.83. The van der Waals surface area contributed by atoms with E-state index in [0.29, 0.717) is 40.4 Å². The third-order valence-electron chi connectivity index (χ3n) is 3.10. The fourth-order valence-electron chi connectivity index (χ4n) is 2.24. The second-order valence-electron chi connectivity index (χ2n) is 4.13. The van der Waals surface area contributed by atoms with Gasteiger partial charge in [-0.05, 0) is 24.7 Å². The molecule has 1 fully saturated rings. The van der Waals surface area contributed by atoms with Gasteiger partial charge in [0.1, 0.15) is 0 Å². The van der Waals surface area contributed by atoms with E-state index in [2.05, 4.69) is 11.4 Å². The van der Waals surface area contributed by atoms with Crippen molar-refractivity contribution in [2.45, 2.75) is 13.3 Å². The van der Waals surface area contributed by atoms with Gasteiger partial charge in [-0.25, -0.2) is 0 Å². The zero-order valence-corrected chi connectivity index (χ0v) is 10.7. The molecule has 2 N–H and O–H groups in total. The molecule has 2 aliphatic rings. The van der Waals surface area contributed by atoms with E-state index in [9.17, 15) is 10.1 Å². The molecule has 1 saturated heterocycles. The predicted molar refractivity (Wildman–Crippen MR) is 71.1 cm³/mol. The van der Waals surface area contributed by atoms with Gasteiger partial charge in [-0.15, -0.1) is 0 Å². The zero-order chi connectivity index (χ0) is 13.3. The lowest BCUT2D eigenvalue weighted by molar-refractivity contribution is -0.104. The topological polar surface area (TPSA) is 80.0 Å². The molecule has 18 heavy (non-hydrogen) atoms. The first-order chi connectivity index (χ1) is 8.60. The Morgan fingerprint density at radius 1 is 1.61 bits per heavy atom. The number of allylic oxidation sites excluding steroid dienone is 3. The quantitative estimate of drug-likeness (QED) is 0.569. The summed E-state index contributed by atoms with van der Waals surface area (Å²) in [7, 11) is 0. The van der Waals surface area contributed by atoms with Gasteiger partial charge in [-0.3, -0.25) is 4.79 Å². The Morgan fingerprint density at radius 2 is 2.33 bits per heavy atom. The van der Waals surface area contributed by atoms with Gasteiger partial charge in [0.2, 0.25) is 0 Å². The number of thiocarbonyl (C=S) groups is 1. The summed E-state index contributed by atoms with van der Waals surface area (Å²) in [5.41, 5.74) is 2.39. The van der Waals surface area contributed by atoms with Gasteiger partial charge in [0.15, 0.2) is 11.4 Å². The molecule has 2 rings (SSSR count). The number of hydrogen-bond acceptors (Lipinski definition) is 4. The molecule has 5 nitrogen and oxygen atoms in total. The standard InChI is InChI=1S/C12H12N4OS/c1-7-9(6-17)10(14)4-8(5-13)11(7)16-3-2-15-12(16)18/h6,14H,2-4H2,1H3,(H,15,18). The van der Waals surface area contributed by atoms with Crippen molar-refractivity contribution in [2.75, 3.05) is 13.1 Å². The Labute approximate surface area is 110 Å². The molecule has 0 aromatic carbocycles. The van der Waals surface area contributed by atoms with Crippen molar-refractivity contribution in [3.63, 3.8) is 0 Å². The molecular weight excluding hydrogens is 248 g/mol. The first-order valence-electron chi connectivity index (χ1n) is 5.53. The van der Waals surface area contributed by atoms with Crippen LogP contribution < -0.4 is 5.32 Å². The first-order valence-corrected chi connectivity index (χ1v) is 5.93. The van der Waals surface area contributed by atoms with Crippen LogP contribution in [0.1, 0.15) is 13.3 Å². The van der Waals surface area contributed by atoms with Crippen molar-refractivity contribution in [3.05, 3.63) is 22.4 Å². The highest BCUT2D eigenvalue weighted by Gasteiger charge is 2.30. The number of nitrogens with zero attached hydrogens (tertiary/aromatic N) is 2. The summed E-state index contributed by atoms with van der Waals surface area (Å²) in [5, 5.41) is 20.6. The molecule has 0 aromatic heterocycles. The van der Waals surface area contributed by atoms with Gasteiger partial charge in [0.05, 0.1) is 17.3 Å². The molecule has 0 atom stereocenters. The molecular formula is C12H12N4OS. The van der Waals surface area contributed by atoms with Gasteiger partial charge in [0, 0.05) is 30.8 Å². The molecule has 1 aliphatic carbocycles. The predicted octanol–water partition coefficient (Wildman–Crippen LogP) is 0.893. The lowest BCUT2D eigenvalue weighted by atomic mass is 9.89. The van der Waals surface area contributed by atoms with E-state index in [1.807, 2.05) is 4.90 Å². The second kappa shape index (κ2) is 4.70. The van der Waals surface area contributed by atoms with Crippen molar-refractivity contribution in [1.82, 2.24) is 10.2 Å². The molecule has 1 aliphatic heterocycles. The summed E-state index contributed by atoms with van der Waals surface area (Å²) in [4.78, 5) is 12.9. The number of nitrogens with one attached hydrogen (secondary N) is 2. The summed E-state index contributed by atoms with van der Waals surface area (Å²) >= 11 is 5.19. The van der Waals surface area contributed by atoms with Gasteiger partial charge in [-0.1, -0.05) is 0 Å².